The molecule has 0 saturated heterocycles. The van der Waals surface area contributed by atoms with E-state index in [0.717, 1.165) is 6.54 Å². The van der Waals surface area contributed by atoms with Crippen LogP contribution >= 0.6 is 0 Å². The van der Waals surface area contributed by atoms with Gasteiger partial charge in [-0.3, -0.25) is 0 Å². The minimum absolute atomic E-state index is 0.601. The minimum Gasteiger partial charge on any atom is -0.311 e. The molecule has 64 valence electrons. The van der Waals surface area contributed by atoms with Crippen LogP contribution in [0.3, 0.4) is 0 Å². The van der Waals surface area contributed by atoms with Crippen LogP contribution in [0.25, 0.3) is 0 Å². The molecule has 1 heteroatoms. The SMILES string of the molecule is C=CCNC(C)CC/C=C/C. The molecular formula is C10H19N. The highest BCUT2D eigenvalue weighted by Gasteiger charge is 1.95. The second kappa shape index (κ2) is 7.55. The van der Waals surface area contributed by atoms with Gasteiger partial charge in [-0.1, -0.05) is 18.2 Å². The summed E-state index contributed by atoms with van der Waals surface area (Å²) < 4.78 is 0. The number of rotatable bonds is 6. The highest BCUT2D eigenvalue weighted by Crippen LogP contribution is 1.96. The number of hydrogen-bond donors (Lipinski definition) is 1. The van der Waals surface area contributed by atoms with Crippen molar-refractivity contribution in [3.63, 3.8) is 0 Å². The zero-order valence-electron chi connectivity index (χ0n) is 7.64. The topological polar surface area (TPSA) is 12.0 Å². The second-order valence-electron chi connectivity index (χ2n) is 2.74. The molecule has 0 fully saturated rings. The Labute approximate surface area is 70.2 Å². The Kier molecular flexibility index (Phi) is 7.16. The normalized spacial score (nSPS) is 13.6. The fourth-order valence-electron chi connectivity index (χ4n) is 0.899. The second-order valence-corrected chi connectivity index (χ2v) is 2.74. The Morgan fingerprint density at radius 3 is 2.82 bits per heavy atom. The summed E-state index contributed by atoms with van der Waals surface area (Å²) >= 11 is 0. The predicted octanol–water partition coefficient (Wildman–Crippen LogP) is 2.51. The average molecular weight is 153 g/mol. The van der Waals surface area contributed by atoms with Crippen LogP contribution in [0, 0.1) is 0 Å². The molecule has 1 unspecified atom stereocenters. The van der Waals surface area contributed by atoms with Crippen molar-refractivity contribution >= 4 is 0 Å². The van der Waals surface area contributed by atoms with E-state index in [9.17, 15) is 0 Å². The van der Waals surface area contributed by atoms with Crippen LogP contribution in [0.2, 0.25) is 0 Å². The first-order valence-corrected chi connectivity index (χ1v) is 4.26. The largest absolute Gasteiger partial charge is 0.311 e. The van der Waals surface area contributed by atoms with Crippen LogP contribution in [-0.4, -0.2) is 12.6 Å². The predicted molar refractivity (Wildman–Crippen MR) is 51.7 cm³/mol. The molecule has 0 aliphatic heterocycles. The zero-order valence-corrected chi connectivity index (χ0v) is 7.64. The monoisotopic (exact) mass is 153 g/mol. The van der Waals surface area contributed by atoms with E-state index in [4.69, 9.17) is 0 Å². The first-order chi connectivity index (χ1) is 5.31. The molecule has 0 bridgehead atoms. The van der Waals surface area contributed by atoms with Crippen molar-refractivity contribution in [2.24, 2.45) is 0 Å². The zero-order chi connectivity index (χ0) is 8.53. The average Bonchev–Trinajstić information content (AvgIpc) is 2.01. The Morgan fingerprint density at radius 1 is 1.55 bits per heavy atom. The quantitative estimate of drug-likeness (QED) is 0.578. The van der Waals surface area contributed by atoms with E-state index < -0.39 is 0 Å². The van der Waals surface area contributed by atoms with Gasteiger partial charge in [-0.15, -0.1) is 6.58 Å². The molecule has 0 rings (SSSR count). The molecule has 0 aromatic carbocycles. The first kappa shape index (κ1) is 10.4. The molecule has 0 spiro atoms. The van der Waals surface area contributed by atoms with Gasteiger partial charge in [0.1, 0.15) is 0 Å². The smallest absolute Gasteiger partial charge is 0.0134 e. The van der Waals surface area contributed by atoms with Crippen molar-refractivity contribution in [2.75, 3.05) is 6.54 Å². The lowest BCUT2D eigenvalue weighted by atomic mass is 10.2. The Balaban J connectivity index is 3.21. The fraction of sp³-hybridized carbons (Fsp3) is 0.600. The molecule has 0 saturated carbocycles. The molecule has 0 radical (unpaired) electrons. The van der Waals surface area contributed by atoms with E-state index in [1.165, 1.54) is 12.8 Å². The lowest BCUT2D eigenvalue weighted by molar-refractivity contribution is 0.548. The molecule has 0 aromatic rings. The van der Waals surface area contributed by atoms with E-state index in [-0.39, 0.29) is 0 Å². The summed E-state index contributed by atoms with van der Waals surface area (Å²) in [4.78, 5) is 0. The van der Waals surface area contributed by atoms with Crippen LogP contribution in [0.4, 0.5) is 0 Å². The van der Waals surface area contributed by atoms with E-state index in [1.54, 1.807) is 0 Å². The van der Waals surface area contributed by atoms with Gasteiger partial charge >= 0.3 is 0 Å². The van der Waals surface area contributed by atoms with Gasteiger partial charge in [-0.05, 0) is 26.7 Å². The maximum atomic E-state index is 3.65. The number of allylic oxidation sites excluding steroid dienone is 2. The Morgan fingerprint density at radius 2 is 2.27 bits per heavy atom. The third-order valence-corrected chi connectivity index (χ3v) is 1.61. The number of hydrogen-bond acceptors (Lipinski definition) is 1. The van der Waals surface area contributed by atoms with Crippen LogP contribution in [0.5, 0.6) is 0 Å². The molecule has 11 heavy (non-hydrogen) atoms. The van der Waals surface area contributed by atoms with E-state index in [2.05, 4.69) is 37.9 Å². The van der Waals surface area contributed by atoms with Gasteiger partial charge in [0.2, 0.25) is 0 Å². The highest BCUT2D eigenvalue weighted by atomic mass is 14.9. The van der Waals surface area contributed by atoms with Gasteiger partial charge in [-0.25, -0.2) is 0 Å². The van der Waals surface area contributed by atoms with Gasteiger partial charge in [0.15, 0.2) is 0 Å². The van der Waals surface area contributed by atoms with Crippen LogP contribution in [0.15, 0.2) is 24.8 Å². The van der Waals surface area contributed by atoms with E-state index in [1.807, 2.05) is 6.08 Å². The maximum Gasteiger partial charge on any atom is 0.0134 e. The van der Waals surface area contributed by atoms with Crippen LogP contribution < -0.4 is 5.32 Å². The molecule has 0 aliphatic rings. The molecule has 0 amide bonds. The van der Waals surface area contributed by atoms with Gasteiger partial charge in [-0.2, -0.15) is 0 Å². The van der Waals surface area contributed by atoms with Crippen molar-refractivity contribution in [1.29, 1.82) is 0 Å². The third-order valence-electron chi connectivity index (χ3n) is 1.61. The summed E-state index contributed by atoms with van der Waals surface area (Å²) in [7, 11) is 0. The first-order valence-electron chi connectivity index (χ1n) is 4.26. The maximum absolute atomic E-state index is 3.65. The van der Waals surface area contributed by atoms with Crippen molar-refractivity contribution in [1.82, 2.24) is 5.32 Å². The molecular weight excluding hydrogens is 134 g/mol. The van der Waals surface area contributed by atoms with Crippen LogP contribution in [0.1, 0.15) is 26.7 Å². The van der Waals surface area contributed by atoms with E-state index >= 15 is 0 Å². The molecule has 1 N–H and O–H groups in total. The lowest BCUT2D eigenvalue weighted by Gasteiger charge is -2.09. The summed E-state index contributed by atoms with van der Waals surface area (Å²) in [5.74, 6) is 0. The summed E-state index contributed by atoms with van der Waals surface area (Å²) in [6, 6.07) is 0.601. The Hall–Kier alpha value is -0.560. The van der Waals surface area contributed by atoms with Gasteiger partial charge in [0, 0.05) is 12.6 Å². The van der Waals surface area contributed by atoms with Crippen molar-refractivity contribution < 1.29 is 0 Å². The highest BCUT2D eigenvalue weighted by molar-refractivity contribution is 4.79. The molecule has 0 aliphatic carbocycles. The number of nitrogens with one attached hydrogen (secondary N) is 1. The molecule has 1 nitrogen and oxygen atoms in total. The standard InChI is InChI=1S/C10H19N/c1-4-6-7-8-10(3)11-9-5-2/h4-6,10-11H,2,7-9H2,1,3H3/b6-4+. The van der Waals surface area contributed by atoms with Gasteiger partial charge in [0.25, 0.3) is 0 Å². The van der Waals surface area contributed by atoms with Crippen molar-refractivity contribution in [2.45, 2.75) is 32.7 Å². The minimum atomic E-state index is 0.601. The molecule has 1 atom stereocenters. The molecule has 0 aromatic heterocycles. The van der Waals surface area contributed by atoms with Gasteiger partial charge < -0.3 is 5.32 Å². The van der Waals surface area contributed by atoms with Gasteiger partial charge in [0.05, 0.1) is 0 Å². The fourth-order valence-corrected chi connectivity index (χ4v) is 0.899. The van der Waals surface area contributed by atoms with Crippen molar-refractivity contribution in [3.05, 3.63) is 24.8 Å². The third kappa shape index (κ3) is 7.34. The Bertz CT molecular complexity index is 116. The summed E-state index contributed by atoms with van der Waals surface area (Å²) in [5.41, 5.74) is 0. The van der Waals surface area contributed by atoms with Crippen LogP contribution in [-0.2, 0) is 0 Å². The molecule has 0 heterocycles. The van der Waals surface area contributed by atoms with Crippen molar-refractivity contribution in [3.8, 4) is 0 Å². The lowest BCUT2D eigenvalue weighted by Crippen LogP contribution is -2.25. The summed E-state index contributed by atoms with van der Waals surface area (Å²) in [6.07, 6.45) is 8.57. The van der Waals surface area contributed by atoms with E-state index in [0.29, 0.717) is 6.04 Å². The summed E-state index contributed by atoms with van der Waals surface area (Å²) in [6.45, 7) is 8.83. The summed E-state index contributed by atoms with van der Waals surface area (Å²) in [5, 5.41) is 3.34.